The summed E-state index contributed by atoms with van der Waals surface area (Å²) in [5, 5.41) is 0. The molecular weight excluding hydrogens is 440 g/mol. The molecule has 12 heteroatoms. The zero-order valence-electron chi connectivity index (χ0n) is 17.2. The molecule has 2 heterocycles. The van der Waals surface area contributed by atoms with E-state index in [0.717, 1.165) is 12.8 Å². The van der Waals surface area contributed by atoms with Crippen molar-refractivity contribution in [3.8, 4) is 0 Å². The molecule has 0 saturated heterocycles. The van der Waals surface area contributed by atoms with Crippen molar-refractivity contribution in [1.82, 2.24) is 19.5 Å². The first-order valence-electron chi connectivity index (χ1n) is 10.1. The van der Waals surface area contributed by atoms with E-state index in [0.29, 0.717) is 17.8 Å². The van der Waals surface area contributed by atoms with Crippen LogP contribution in [0.25, 0.3) is 11.2 Å². The molecule has 170 valence electrons. The highest BCUT2D eigenvalue weighted by atomic mass is 31.2. The Morgan fingerprint density at radius 2 is 2.19 bits per heavy atom. The number of rotatable bonds is 12. The van der Waals surface area contributed by atoms with E-state index < -0.39 is 13.9 Å². The van der Waals surface area contributed by atoms with Gasteiger partial charge >= 0.3 is 0 Å². The summed E-state index contributed by atoms with van der Waals surface area (Å²) in [4.78, 5) is 34.4. The number of hydrogen-bond donors (Lipinski definition) is 2. The number of H-pyrrole nitrogens is 1. The number of benzene rings is 1. The number of nitrogens with two attached hydrogens (primary N) is 1. The highest BCUT2D eigenvalue weighted by molar-refractivity contribution is 7.47. The van der Waals surface area contributed by atoms with Crippen molar-refractivity contribution in [2.75, 3.05) is 25.3 Å². The number of fused-ring (bicyclic) bond motifs is 1. The third-order valence-corrected chi connectivity index (χ3v) is 6.04. The molecule has 1 unspecified atom stereocenters. The largest absolute Gasteiger partial charge is 0.370 e. The molecule has 0 aliphatic heterocycles. The number of ether oxygens (including phenoxy) is 1. The molecule has 1 atom stereocenters. The molecule has 1 fully saturated rings. The Balaban J connectivity index is 1.30. The second-order valence-electron chi connectivity index (χ2n) is 7.35. The molecule has 3 aromatic rings. The summed E-state index contributed by atoms with van der Waals surface area (Å²) in [6.45, 7) is 0.756. The number of halogens is 1. The van der Waals surface area contributed by atoms with Gasteiger partial charge in [0.1, 0.15) is 18.8 Å². The maximum Gasteiger partial charge on any atom is 0.280 e. The third-order valence-electron chi connectivity index (χ3n) is 4.81. The van der Waals surface area contributed by atoms with Crippen molar-refractivity contribution in [3.63, 3.8) is 0 Å². The molecule has 3 N–H and O–H groups in total. The number of carbonyl (C=O) groups is 1. The van der Waals surface area contributed by atoms with Crippen LogP contribution in [0.5, 0.6) is 0 Å². The molecule has 0 amide bonds. The van der Waals surface area contributed by atoms with Gasteiger partial charge < -0.3 is 24.1 Å². The molecule has 10 nitrogen and oxygen atoms in total. The predicted molar refractivity (Wildman–Crippen MR) is 115 cm³/mol. The Morgan fingerprint density at radius 3 is 2.97 bits per heavy atom. The van der Waals surface area contributed by atoms with Gasteiger partial charge in [-0.15, -0.1) is 0 Å². The molecule has 0 bridgehead atoms. The molecule has 4 rings (SSSR count). The highest BCUT2D eigenvalue weighted by Gasteiger charge is 2.30. The lowest BCUT2D eigenvalue weighted by Crippen LogP contribution is -2.13. The van der Waals surface area contributed by atoms with Crippen LogP contribution in [0.3, 0.4) is 0 Å². The Labute approximate surface area is 183 Å². The van der Waals surface area contributed by atoms with Crippen LogP contribution in [0.1, 0.15) is 18.4 Å². The number of ketones is 1. The topological polar surface area (TPSA) is 134 Å². The summed E-state index contributed by atoms with van der Waals surface area (Å²) < 4.78 is 32.2. The lowest BCUT2D eigenvalue weighted by molar-refractivity contribution is -0.122. The molecular formula is C20H23FN5O5P. The number of imidazole rings is 1. The van der Waals surface area contributed by atoms with E-state index in [4.69, 9.17) is 19.5 Å². The molecule has 1 saturated carbocycles. The van der Waals surface area contributed by atoms with Crippen LogP contribution in [-0.2, 0) is 31.7 Å². The van der Waals surface area contributed by atoms with E-state index in [1.54, 1.807) is 16.7 Å². The van der Waals surface area contributed by atoms with Crippen LogP contribution in [0.2, 0.25) is 0 Å². The maximum atomic E-state index is 13.4. The van der Waals surface area contributed by atoms with Gasteiger partial charge in [0.25, 0.3) is 5.56 Å². The third kappa shape index (κ3) is 5.95. The van der Waals surface area contributed by atoms with Gasteiger partial charge in [-0.25, -0.2) is 9.37 Å². The van der Waals surface area contributed by atoms with Crippen LogP contribution in [0.4, 0.5) is 10.3 Å². The summed E-state index contributed by atoms with van der Waals surface area (Å²) in [6, 6.07) is 6.09. The highest BCUT2D eigenvalue weighted by Crippen LogP contribution is 2.40. The molecule has 32 heavy (non-hydrogen) atoms. The van der Waals surface area contributed by atoms with Gasteiger partial charge in [0.2, 0.25) is 5.95 Å². The van der Waals surface area contributed by atoms with Crippen LogP contribution in [0.15, 0.2) is 35.4 Å². The Hall–Kier alpha value is -2.72. The minimum absolute atomic E-state index is 0.00756. The fraction of sp³-hybridized carbons (Fsp3) is 0.400. The summed E-state index contributed by atoms with van der Waals surface area (Å²) >= 11 is 0. The molecule has 0 spiro atoms. The number of nitrogen functional groups attached to an aromatic ring is 1. The first kappa shape index (κ1) is 22.5. The van der Waals surface area contributed by atoms with Crippen molar-refractivity contribution in [2.45, 2.75) is 26.0 Å². The smallest absolute Gasteiger partial charge is 0.280 e. The van der Waals surface area contributed by atoms with Crippen molar-refractivity contribution >= 4 is 31.3 Å². The molecule has 1 aliphatic carbocycles. The number of nitrogens with zero attached hydrogens (tertiary/aromatic N) is 3. The molecule has 1 aliphatic rings. The predicted octanol–water partition coefficient (Wildman–Crippen LogP) is 2.34. The number of nitrogens with one attached hydrogen (secondary N) is 1. The van der Waals surface area contributed by atoms with E-state index in [2.05, 4.69) is 15.0 Å². The standard InChI is InChI=1S/C20H23FN5O5P/c21-15-3-1-2-13(8-15)9-30-32(31-10-16(27)14-4-5-14)12-29-7-6-26-11-23-17-18(26)24-20(22)25-19(17)28/h1-3,8,11,14H,4-7,9-10,12H2,(H3,22,24,25,28). The van der Waals surface area contributed by atoms with E-state index in [-0.39, 0.29) is 55.2 Å². The van der Waals surface area contributed by atoms with Gasteiger partial charge in [0.15, 0.2) is 25.3 Å². The number of Topliss-reactive ketones (excluding diaryl/α,β-unsaturated/α-hetero) is 1. The van der Waals surface area contributed by atoms with Crippen LogP contribution in [0, 0.1) is 11.7 Å². The Bertz CT molecular complexity index is 1150. The Kier molecular flexibility index (Phi) is 7.21. The van der Waals surface area contributed by atoms with Gasteiger partial charge in [0, 0.05) is 12.5 Å². The van der Waals surface area contributed by atoms with E-state index in [1.165, 1.54) is 18.5 Å². The number of aromatic nitrogens is 4. The Morgan fingerprint density at radius 1 is 1.34 bits per heavy atom. The SMILES string of the molecule is Nc1nc2c(ncn2CCOCP(OCC(=O)C2CC2)OCc2cccc(F)c2)c(=O)[nH]1. The van der Waals surface area contributed by atoms with Gasteiger partial charge in [-0.3, -0.25) is 14.6 Å². The van der Waals surface area contributed by atoms with Crippen molar-refractivity contribution in [1.29, 1.82) is 0 Å². The second kappa shape index (κ2) is 10.3. The number of carbonyl (C=O) groups excluding carboxylic acids is 1. The first-order chi connectivity index (χ1) is 15.5. The van der Waals surface area contributed by atoms with Gasteiger partial charge in [-0.2, -0.15) is 4.98 Å². The quantitative estimate of drug-likeness (QED) is 0.309. The summed E-state index contributed by atoms with van der Waals surface area (Å²) in [7, 11) is -1.52. The lowest BCUT2D eigenvalue weighted by Gasteiger charge is -2.17. The fourth-order valence-electron chi connectivity index (χ4n) is 2.98. The van der Waals surface area contributed by atoms with Crippen LogP contribution >= 0.6 is 8.38 Å². The van der Waals surface area contributed by atoms with Crippen LogP contribution < -0.4 is 11.3 Å². The minimum atomic E-state index is -1.52. The average molecular weight is 463 g/mol. The number of aromatic amines is 1. The van der Waals surface area contributed by atoms with Crippen molar-refractivity contribution in [3.05, 3.63) is 52.3 Å². The van der Waals surface area contributed by atoms with E-state index in [9.17, 15) is 14.0 Å². The van der Waals surface area contributed by atoms with Gasteiger partial charge in [-0.05, 0) is 30.5 Å². The maximum absolute atomic E-state index is 13.4. The lowest BCUT2D eigenvalue weighted by atomic mass is 10.2. The zero-order valence-corrected chi connectivity index (χ0v) is 18.1. The second-order valence-corrected chi connectivity index (χ2v) is 8.79. The zero-order chi connectivity index (χ0) is 22.5. The van der Waals surface area contributed by atoms with Gasteiger partial charge in [0.05, 0.1) is 19.5 Å². The van der Waals surface area contributed by atoms with Crippen molar-refractivity contribution in [2.24, 2.45) is 5.92 Å². The van der Waals surface area contributed by atoms with E-state index in [1.807, 2.05) is 0 Å². The molecule has 1 aromatic carbocycles. The fourth-order valence-corrected chi connectivity index (χ4v) is 4.05. The van der Waals surface area contributed by atoms with Gasteiger partial charge in [-0.1, -0.05) is 12.1 Å². The van der Waals surface area contributed by atoms with Crippen LogP contribution in [-0.4, -0.2) is 44.9 Å². The monoisotopic (exact) mass is 463 g/mol. The summed E-state index contributed by atoms with van der Waals surface area (Å²) in [5.41, 5.74) is 6.42. The number of hydrogen-bond acceptors (Lipinski definition) is 8. The number of anilines is 1. The van der Waals surface area contributed by atoms with Crippen molar-refractivity contribution < 1.29 is 23.0 Å². The normalized spacial score (nSPS) is 14.7. The van der Waals surface area contributed by atoms with E-state index >= 15 is 0 Å². The average Bonchev–Trinajstić information content (AvgIpc) is 3.54. The molecule has 2 aromatic heterocycles. The summed E-state index contributed by atoms with van der Waals surface area (Å²) in [5.74, 6) is -0.190. The molecule has 0 radical (unpaired) electrons. The first-order valence-corrected chi connectivity index (χ1v) is 11.4. The minimum Gasteiger partial charge on any atom is -0.370 e. The summed E-state index contributed by atoms with van der Waals surface area (Å²) in [6.07, 6.45) is 3.43.